The molecule has 2 rings (SSSR count). The van der Waals surface area contributed by atoms with Gasteiger partial charge in [0.05, 0.1) is 0 Å². The third-order valence-corrected chi connectivity index (χ3v) is 4.26. The molecule has 25 heavy (non-hydrogen) atoms. The summed E-state index contributed by atoms with van der Waals surface area (Å²) in [5, 5.41) is 2.92. The van der Waals surface area contributed by atoms with E-state index in [2.05, 4.69) is 5.32 Å². The number of nitrogens with one attached hydrogen (secondary N) is 1. The van der Waals surface area contributed by atoms with Crippen molar-refractivity contribution in [1.29, 1.82) is 0 Å². The minimum absolute atomic E-state index is 0.0521. The molecule has 0 saturated heterocycles. The molecular weight excluding hydrogens is 312 g/mol. The van der Waals surface area contributed by atoms with Crippen molar-refractivity contribution >= 4 is 17.5 Å². The van der Waals surface area contributed by atoms with E-state index in [1.54, 1.807) is 4.90 Å². The van der Waals surface area contributed by atoms with Crippen LogP contribution in [0, 0.1) is 20.8 Å². The second kappa shape index (κ2) is 8.47. The Morgan fingerprint density at radius 2 is 1.56 bits per heavy atom. The number of carbonyl (C=O) groups excluding carboxylic acids is 2. The van der Waals surface area contributed by atoms with Gasteiger partial charge in [-0.2, -0.15) is 0 Å². The van der Waals surface area contributed by atoms with Gasteiger partial charge in [-0.05, 0) is 37.5 Å². The van der Waals surface area contributed by atoms with Gasteiger partial charge in [0.1, 0.15) is 0 Å². The Morgan fingerprint density at radius 1 is 0.960 bits per heavy atom. The van der Waals surface area contributed by atoms with E-state index >= 15 is 0 Å². The molecule has 0 bridgehead atoms. The summed E-state index contributed by atoms with van der Waals surface area (Å²) >= 11 is 0. The number of hydrogen-bond donors (Lipinski definition) is 1. The van der Waals surface area contributed by atoms with Crippen LogP contribution >= 0.6 is 0 Å². The van der Waals surface area contributed by atoms with Crippen LogP contribution in [0.3, 0.4) is 0 Å². The lowest BCUT2D eigenvalue weighted by atomic mass is 10.1. The molecule has 0 heterocycles. The van der Waals surface area contributed by atoms with Gasteiger partial charge in [-0.15, -0.1) is 0 Å². The van der Waals surface area contributed by atoms with Gasteiger partial charge in [-0.25, -0.2) is 0 Å². The molecule has 0 aromatic heterocycles. The number of aryl methyl sites for hydroxylation is 3. The summed E-state index contributed by atoms with van der Waals surface area (Å²) in [6.45, 7) is 8.41. The zero-order chi connectivity index (χ0) is 18.4. The number of carbonyl (C=O) groups is 2. The van der Waals surface area contributed by atoms with Crippen molar-refractivity contribution in [3.8, 4) is 0 Å². The maximum atomic E-state index is 12.2. The number of para-hydroxylation sites is 1. The monoisotopic (exact) mass is 338 g/mol. The molecule has 4 nitrogen and oxygen atoms in total. The maximum Gasteiger partial charge on any atom is 0.223 e. The van der Waals surface area contributed by atoms with E-state index < -0.39 is 0 Å². The summed E-state index contributed by atoms with van der Waals surface area (Å²) < 4.78 is 0. The quantitative estimate of drug-likeness (QED) is 0.873. The Labute approximate surface area is 149 Å². The number of nitrogens with zero attached hydrogens (tertiary/aromatic N) is 1. The predicted octanol–water partition coefficient (Wildman–Crippen LogP) is 3.67. The lowest BCUT2D eigenvalue weighted by molar-refractivity contribution is -0.121. The topological polar surface area (TPSA) is 49.4 Å². The average molecular weight is 338 g/mol. The third kappa shape index (κ3) is 5.18. The minimum atomic E-state index is -0.0573. The van der Waals surface area contributed by atoms with Crippen LogP contribution in [-0.4, -0.2) is 18.4 Å². The highest BCUT2D eigenvalue weighted by molar-refractivity contribution is 5.94. The van der Waals surface area contributed by atoms with Gasteiger partial charge in [-0.1, -0.05) is 48.0 Å². The molecule has 2 aromatic carbocycles. The Morgan fingerprint density at radius 3 is 2.12 bits per heavy atom. The van der Waals surface area contributed by atoms with Crippen molar-refractivity contribution in [1.82, 2.24) is 5.32 Å². The first kappa shape index (κ1) is 18.7. The van der Waals surface area contributed by atoms with Crippen molar-refractivity contribution in [3.05, 3.63) is 64.7 Å². The number of amides is 2. The molecule has 0 radical (unpaired) electrons. The Hall–Kier alpha value is -2.62. The maximum absolute atomic E-state index is 12.2. The third-order valence-electron chi connectivity index (χ3n) is 4.26. The van der Waals surface area contributed by atoms with Gasteiger partial charge in [0.2, 0.25) is 11.8 Å². The lowest BCUT2D eigenvalue weighted by Gasteiger charge is -2.25. The van der Waals surface area contributed by atoms with Crippen LogP contribution < -0.4 is 10.2 Å². The van der Waals surface area contributed by atoms with Crippen molar-refractivity contribution < 1.29 is 9.59 Å². The van der Waals surface area contributed by atoms with Gasteiger partial charge < -0.3 is 10.2 Å². The molecule has 0 aliphatic rings. The molecule has 0 fully saturated rings. The molecule has 132 valence electrons. The summed E-state index contributed by atoms with van der Waals surface area (Å²) in [5.74, 6) is -0.109. The molecule has 0 atom stereocenters. The largest absolute Gasteiger partial charge is 0.352 e. The standard InChI is InChI=1S/C21H26N2O2/c1-15-8-10-19(11-9-15)14-22-20(25)12-13-23(18(4)24)21-16(2)6-5-7-17(21)3/h5-11H,12-14H2,1-4H3,(H,22,25). The molecule has 2 amide bonds. The van der Waals surface area contributed by atoms with Crippen molar-refractivity contribution in [2.24, 2.45) is 0 Å². The van der Waals surface area contributed by atoms with Crippen LogP contribution in [0.25, 0.3) is 0 Å². The summed E-state index contributed by atoms with van der Waals surface area (Å²) in [6.07, 6.45) is 0.277. The highest BCUT2D eigenvalue weighted by atomic mass is 16.2. The molecule has 0 saturated carbocycles. The fraction of sp³-hybridized carbons (Fsp3) is 0.333. The first-order chi connectivity index (χ1) is 11.9. The van der Waals surface area contributed by atoms with Crippen molar-refractivity contribution in [3.63, 3.8) is 0 Å². The molecule has 4 heteroatoms. The van der Waals surface area contributed by atoms with E-state index in [1.165, 1.54) is 12.5 Å². The second-order valence-corrected chi connectivity index (χ2v) is 6.42. The zero-order valence-corrected chi connectivity index (χ0v) is 15.4. The summed E-state index contributed by atoms with van der Waals surface area (Å²) in [7, 11) is 0. The van der Waals surface area contributed by atoms with Gasteiger partial charge in [-0.3, -0.25) is 9.59 Å². The smallest absolute Gasteiger partial charge is 0.223 e. The zero-order valence-electron chi connectivity index (χ0n) is 15.4. The number of rotatable bonds is 6. The normalized spacial score (nSPS) is 10.4. The van der Waals surface area contributed by atoms with Crippen LogP contribution in [0.5, 0.6) is 0 Å². The number of benzene rings is 2. The molecule has 0 aliphatic carbocycles. The average Bonchev–Trinajstić information content (AvgIpc) is 2.56. The highest BCUT2D eigenvalue weighted by Crippen LogP contribution is 2.24. The highest BCUT2D eigenvalue weighted by Gasteiger charge is 2.17. The fourth-order valence-corrected chi connectivity index (χ4v) is 2.87. The van der Waals surface area contributed by atoms with E-state index in [1.807, 2.05) is 63.2 Å². The van der Waals surface area contributed by atoms with Crippen molar-refractivity contribution in [2.75, 3.05) is 11.4 Å². The van der Waals surface area contributed by atoms with E-state index in [0.29, 0.717) is 13.1 Å². The van der Waals surface area contributed by atoms with E-state index in [-0.39, 0.29) is 18.2 Å². The lowest BCUT2D eigenvalue weighted by Crippen LogP contribution is -2.34. The van der Waals surface area contributed by atoms with Crippen molar-refractivity contribution in [2.45, 2.75) is 40.7 Å². The summed E-state index contributed by atoms with van der Waals surface area (Å²) in [5.41, 5.74) is 5.24. The summed E-state index contributed by atoms with van der Waals surface area (Å²) in [4.78, 5) is 25.9. The van der Waals surface area contributed by atoms with Crippen LogP contribution in [-0.2, 0) is 16.1 Å². The van der Waals surface area contributed by atoms with E-state index in [0.717, 1.165) is 22.4 Å². The van der Waals surface area contributed by atoms with E-state index in [9.17, 15) is 9.59 Å². The first-order valence-electron chi connectivity index (χ1n) is 8.55. The molecule has 0 spiro atoms. The van der Waals surface area contributed by atoms with Crippen LogP contribution in [0.4, 0.5) is 5.69 Å². The first-order valence-corrected chi connectivity index (χ1v) is 8.55. The minimum Gasteiger partial charge on any atom is -0.352 e. The molecule has 0 aliphatic heterocycles. The Balaban J connectivity index is 1.96. The summed E-state index contributed by atoms with van der Waals surface area (Å²) in [6, 6.07) is 14.0. The van der Waals surface area contributed by atoms with Gasteiger partial charge >= 0.3 is 0 Å². The fourth-order valence-electron chi connectivity index (χ4n) is 2.87. The molecular formula is C21H26N2O2. The Kier molecular flexibility index (Phi) is 6.34. The van der Waals surface area contributed by atoms with Gasteiger partial charge in [0.15, 0.2) is 0 Å². The van der Waals surface area contributed by atoms with Gasteiger partial charge in [0.25, 0.3) is 0 Å². The molecule has 2 aromatic rings. The molecule has 1 N–H and O–H groups in total. The Bertz CT molecular complexity index is 731. The van der Waals surface area contributed by atoms with E-state index in [4.69, 9.17) is 0 Å². The predicted molar refractivity (Wildman–Crippen MR) is 102 cm³/mol. The number of hydrogen-bond acceptors (Lipinski definition) is 2. The van der Waals surface area contributed by atoms with Crippen LogP contribution in [0.15, 0.2) is 42.5 Å². The van der Waals surface area contributed by atoms with Crippen LogP contribution in [0.2, 0.25) is 0 Å². The van der Waals surface area contributed by atoms with Gasteiger partial charge in [0, 0.05) is 32.1 Å². The number of anilines is 1. The second-order valence-electron chi connectivity index (χ2n) is 6.42. The molecule has 0 unspecified atom stereocenters. The SMILES string of the molecule is CC(=O)N(CCC(=O)NCc1ccc(C)cc1)c1c(C)cccc1C. The van der Waals surface area contributed by atoms with Crippen LogP contribution in [0.1, 0.15) is 35.6 Å².